The van der Waals surface area contributed by atoms with Crippen molar-refractivity contribution in [1.29, 1.82) is 0 Å². The molecule has 0 aromatic heterocycles. The standard InChI is InChI=1S/C15H19ClN2O2S/c16-10-1-2-14-12(7-10)13(3-6-21-14)18-15(19)8-11-9-17-4-5-20-11/h1-2,7,11,13,17H,3-6,8-9H2,(H,18,19). The van der Waals surface area contributed by atoms with Crippen molar-refractivity contribution in [1.82, 2.24) is 10.6 Å². The van der Waals surface area contributed by atoms with Crippen molar-refractivity contribution in [3.8, 4) is 0 Å². The topological polar surface area (TPSA) is 50.4 Å². The van der Waals surface area contributed by atoms with Gasteiger partial charge in [-0.05, 0) is 30.2 Å². The molecule has 114 valence electrons. The predicted octanol–water partition coefficient (Wildman–Crippen LogP) is 2.37. The van der Waals surface area contributed by atoms with Gasteiger partial charge in [0.05, 0.1) is 25.2 Å². The molecule has 2 atom stereocenters. The molecule has 1 saturated heterocycles. The van der Waals surface area contributed by atoms with Crippen LogP contribution in [0.25, 0.3) is 0 Å². The third kappa shape index (κ3) is 3.92. The van der Waals surface area contributed by atoms with Gasteiger partial charge in [0.1, 0.15) is 0 Å². The van der Waals surface area contributed by atoms with Crippen molar-refractivity contribution in [3.63, 3.8) is 0 Å². The number of fused-ring (bicyclic) bond motifs is 1. The van der Waals surface area contributed by atoms with E-state index in [9.17, 15) is 4.79 Å². The minimum Gasteiger partial charge on any atom is -0.375 e. The Hall–Kier alpha value is -0.750. The zero-order chi connectivity index (χ0) is 14.7. The Morgan fingerprint density at radius 1 is 1.52 bits per heavy atom. The highest BCUT2D eigenvalue weighted by atomic mass is 35.5. The molecule has 1 fully saturated rings. The molecule has 2 unspecified atom stereocenters. The van der Waals surface area contributed by atoms with E-state index in [0.717, 1.165) is 35.8 Å². The van der Waals surface area contributed by atoms with Crippen molar-refractivity contribution in [2.24, 2.45) is 0 Å². The molecule has 4 nitrogen and oxygen atoms in total. The molecule has 2 heterocycles. The maximum Gasteiger partial charge on any atom is 0.223 e. The van der Waals surface area contributed by atoms with E-state index >= 15 is 0 Å². The zero-order valence-corrected chi connectivity index (χ0v) is 13.3. The normalized spacial score (nSPS) is 25.2. The summed E-state index contributed by atoms with van der Waals surface area (Å²) in [7, 11) is 0. The Kier molecular flexibility index (Phi) is 5.06. The molecule has 0 bridgehead atoms. The minimum absolute atomic E-state index is 0.0180. The van der Waals surface area contributed by atoms with Crippen molar-refractivity contribution in [2.75, 3.05) is 25.4 Å². The number of carbonyl (C=O) groups is 1. The monoisotopic (exact) mass is 326 g/mol. The second-order valence-electron chi connectivity index (χ2n) is 5.34. The van der Waals surface area contributed by atoms with E-state index < -0.39 is 0 Å². The van der Waals surface area contributed by atoms with Crippen molar-refractivity contribution < 1.29 is 9.53 Å². The van der Waals surface area contributed by atoms with Crippen LogP contribution < -0.4 is 10.6 Å². The van der Waals surface area contributed by atoms with Crippen LogP contribution in [0.5, 0.6) is 0 Å². The summed E-state index contributed by atoms with van der Waals surface area (Å²) in [4.78, 5) is 13.4. The van der Waals surface area contributed by atoms with E-state index in [1.807, 2.05) is 30.0 Å². The van der Waals surface area contributed by atoms with E-state index in [0.29, 0.717) is 13.0 Å². The first-order chi connectivity index (χ1) is 10.2. The number of thioether (sulfide) groups is 1. The second-order valence-corrected chi connectivity index (χ2v) is 6.91. The van der Waals surface area contributed by atoms with Crippen LogP contribution in [-0.2, 0) is 9.53 Å². The number of halogens is 1. The van der Waals surface area contributed by atoms with Crippen LogP contribution in [0.2, 0.25) is 5.02 Å². The van der Waals surface area contributed by atoms with Gasteiger partial charge in [-0.2, -0.15) is 0 Å². The lowest BCUT2D eigenvalue weighted by Gasteiger charge is -2.28. The van der Waals surface area contributed by atoms with Crippen LogP contribution in [0.4, 0.5) is 0 Å². The third-order valence-corrected chi connectivity index (χ3v) is 5.12. The first-order valence-electron chi connectivity index (χ1n) is 7.26. The molecule has 0 aliphatic carbocycles. The maximum atomic E-state index is 12.2. The molecule has 2 N–H and O–H groups in total. The lowest BCUT2D eigenvalue weighted by atomic mass is 10.0. The molecule has 0 radical (unpaired) electrons. The lowest BCUT2D eigenvalue weighted by molar-refractivity contribution is -0.125. The SMILES string of the molecule is O=C(CC1CNCCO1)NC1CCSc2ccc(Cl)cc21. The molecule has 2 aliphatic heterocycles. The highest BCUT2D eigenvalue weighted by molar-refractivity contribution is 7.99. The maximum absolute atomic E-state index is 12.2. The summed E-state index contributed by atoms with van der Waals surface area (Å²) in [6.45, 7) is 2.29. The van der Waals surface area contributed by atoms with E-state index in [1.54, 1.807) is 0 Å². The predicted molar refractivity (Wildman–Crippen MR) is 84.9 cm³/mol. The Balaban J connectivity index is 1.63. The molecular formula is C15H19ClN2O2S. The molecule has 21 heavy (non-hydrogen) atoms. The molecule has 1 amide bonds. The number of benzene rings is 1. The number of carbonyl (C=O) groups excluding carboxylic acids is 1. The molecule has 2 aliphatic rings. The molecule has 1 aromatic carbocycles. The number of ether oxygens (including phenoxy) is 1. The van der Waals surface area contributed by atoms with Gasteiger partial charge in [0.15, 0.2) is 0 Å². The summed E-state index contributed by atoms with van der Waals surface area (Å²) < 4.78 is 5.58. The molecule has 1 aromatic rings. The average Bonchev–Trinajstić information content (AvgIpc) is 2.49. The summed E-state index contributed by atoms with van der Waals surface area (Å²) >= 11 is 7.90. The highest BCUT2D eigenvalue weighted by Crippen LogP contribution is 2.37. The van der Waals surface area contributed by atoms with Crippen LogP contribution >= 0.6 is 23.4 Å². The van der Waals surface area contributed by atoms with Crippen molar-refractivity contribution in [3.05, 3.63) is 28.8 Å². The Labute approximate surface area is 134 Å². The van der Waals surface area contributed by atoms with Gasteiger partial charge in [-0.1, -0.05) is 11.6 Å². The fraction of sp³-hybridized carbons (Fsp3) is 0.533. The van der Waals surface area contributed by atoms with Gasteiger partial charge in [-0.3, -0.25) is 4.79 Å². The van der Waals surface area contributed by atoms with Gasteiger partial charge in [-0.25, -0.2) is 0 Å². The Bertz CT molecular complexity index is 520. The zero-order valence-electron chi connectivity index (χ0n) is 11.7. The molecular weight excluding hydrogens is 308 g/mol. The van der Waals surface area contributed by atoms with E-state index in [1.165, 1.54) is 4.90 Å². The highest BCUT2D eigenvalue weighted by Gasteiger charge is 2.24. The quantitative estimate of drug-likeness (QED) is 0.895. The van der Waals surface area contributed by atoms with Crippen LogP contribution in [0.3, 0.4) is 0 Å². The smallest absolute Gasteiger partial charge is 0.223 e. The summed E-state index contributed by atoms with van der Waals surface area (Å²) in [6, 6.07) is 5.96. The summed E-state index contributed by atoms with van der Waals surface area (Å²) in [5.41, 5.74) is 1.13. The largest absolute Gasteiger partial charge is 0.375 e. The van der Waals surface area contributed by atoms with Gasteiger partial charge in [0, 0.05) is 28.8 Å². The molecule has 0 saturated carbocycles. The molecule has 0 spiro atoms. The van der Waals surface area contributed by atoms with Gasteiger partial charge < -0.3 is 15.4 Å². The van der Waals surface area contributed by atoms with Crippen molar-refractivity contribution >= 4 is 29.3 Å². The number of amides is 1. The average molecular weight is 327 g/mol. The summed E-state index contributed by atoms with van der Waals surface area (Å²) in [6.07, 6.45) is 1.33. The fourth-order valence-corrected chi connectivity index (χ4v) is 4.01. The van der Waals surface area contributed by atoms with E-state index in [2.05, 4.69) is 10.6 Å². The summed E-state index contributed by atoms with van der Waals surface area (Å²) in [5.74, 6) is 1.06. The fourth-order valence-electron chi connectivity index (χ4n) is 2.73. The first-order valence-corrected chi connectivity index (χ1v) is 8.62. The number of nitrogens with one attached hydrogen (secondary N) is 2. The first kappa shape index (κ1) is 15.2. The third-order valence-electron chi connectivity index (χ3n) is 3.76. The van der Waals surface area contributed by atoms with Crippen LogP contribution in [0.15, 0.2) is 23.1 Å². The number of morpholine rings is 1. The Morgan fingerprint density at radius 3 is 3.24 bits per heavy atom. The number of hydrogen-bond acceptors (Lipinski definition) is 4. The summed E-state index contributed by atoms with van der Waals surface area (Å²) in [5, 5.41) is 7.09. The van der Waals surface area contributed by atoms with E-state index in [-0.39, 0.29) is 18.1 Å². The van der Waals surface area contributed by atoms with Crippen LogP contribution in [0.1, 0.15) is 24.4 Å². The van der Waals surface area contributed by atoms with Gasteiger partial charge >= 0.3 is 0 Å². The number of hydrogen-bond donors (Lipinski definition) is 2. The Morgan fingerprint density at radius 2 is 2.43 bits per heavy atom. The van der Waals surface area contributed by atoms with Crippen LogP contribution in [0, 0.1) is 0 Å². The van der Waals surface area contributed by atoms with Gasteiger partial charge in [0.25, 0.3) is 0 Å². The minimum atomic E-state index is -0.0180. The van der Waals surface area contributed by atoms with Crippen molar-refractivity contribution in [2.45, 2.75) is 29.9 Å². The van der Waals surface area contributed by atoms with Gasteiger partial charge in [-0.15, -0.1) is 11.8 Å². The number of rotatable bonds is 3. The van der Waals surface area contributed by atoms with E-state index in [4.69, 9.17) is 16.3 Å². The molecule has 3 rings (SSSR count). The molecule has 6 heteroatoms. The van der Waals surface area contributed by atoms with Crippen LogP contribution in [-0.4, -0.2) is 37.5 Å². The second kappa shape index (κ2) is 7.01. The lowest BCUT2D eigenvalue weighted by Crippen LogP contribution is -2.42. The van der Waals surface area contributed by atoms with Gasteiger partial charge in [0.2, 0.25) is 5.91 Å².